The number of benzene rings is 1. The van der Waals surface area contributed by atoms with E-state index in [2.05, 4.69) is 10.6 Å². The van der Waals surface area contributed by atoms with Crippen molar-refractivity contribution >= 4 is 35.7 Å². The molecule has 2 amide bonds. The Morgan fingerprint density at radius 2 is 1.90 bits per heavy atom. The SMILES string of the molecule is Cl.O=C(Nc1cc(C(F)(F)F)ccc1Cl)N1CCNCC1. The summed E-state index contributed by atoms with van der Waals surface area (Å²) in [5.74, 6) is 0. The van der Waals surface area contributed by atoms with Crippen LogP contribution in [0.5, 0.6) is 0 Å². The Hall–Kier alpha value is -1.18. The van der Waals surface area contributed by atoms with Gasteiger partial charge in [-0.05, 0) is 18.2 Å². The van der Waals surface area contributed by atoms with Crippen molar-refractivity contribution in [3.63, 3.8) is 0 Å². The summed E-state index contributed by atoms with van der Waals surface area (Å²) in [5, 5.41) is 5.57. The minimum absolute atomic E-state index is 0. The van der Waals surface area contributed by atoms with Gasteiger partial charge in [0.05, 0.1) is 16.3 Å². The van der Waals surface area contributed by atoms with Gasteiger partial charge in [0.2, 0.25) is 0 Å². The number of carbonyl (C=O) groups is 1. The molecule has 0 aromatic heterocycles. The predicted octanol–water partition coefficient (Wildman–Crippen LogP) is 3.22. The van der Waals surface area contributed by atoms with E-state index >= 15 is 0 Å². The summed E-state index contributed by atoms with van der Waals surface area (Å²) in [7, 11) is 0. The molecule has 0 unspecified atom stereocenters. The molecule has 4 nitrogen and oxygen atoms in total. The minimum atomic E-state index is -4.47. The Morgan fingerprint density at radius 3 is 2.48 bits per heavy atom. The number of nitrogens with zero attached hydrogens (tertiary/aromatic N) is 1. The summed E-state index contributed by atoms with van der Waals surface area (Å²) in [6.07, 6.45) is -4.47. The van der Waals surface area contributed by atoms with Gasteiger partial charge in [0.25, 0.3) is 0 Å². The molecule has 1 aromatic carbocycles. The van der Waals surface area contributed by atoms with Gasteiger partial charge >= 0.3 is 12.2 Å². The quantitative estimate of drug-likeness (QED) is 0.822. The van der Waals surface area contributed by atoms with Gasteiger partial charge < -0.3 is 15.5 Å². The number of nitrogens with one attached hydrogen (secondary N) is 2. The molecule has 0 saturated carbocycles. The summed E-state index contributed by atoms with van der Waals surface area (Å²) in [4.78, 5) is 13.4. The number of alkyl halides is 3. The molecule has 9 heteroatoms. The maximum absolute atomic E-state index is 12.6. The average Bonchev–Trinajstić information content (AvgIpc) is 2.41. The van der Waals surface area contributed by atoms with E-state index in [-0.39, 0.29) is 23.1 Å². The fourth-order valence-corrected chi connectivity index (χ4v) is 2.02. The molecule has 0 aliphatic carbocycles. The summed E-state index contributed by atoms with van der Waals surface area (Å²) in [6.45, 7) is 2.32. The van der Waals surface area contributed by atoms with E-state index in [1.807, 2.05) is 0 Å². The van der Waals surface area contributed by atoms with Crippen LogP contribution in [0.1, 0.15) is 5.56 Å². The molecular weight excluding hydrogens is 330 g/mol. The first-order valence-electron chi connectivity index (χ1n) is 6.01. The van der Waals surface area contributed by atoms with Crippen LogP contribution in [0.3, 0.4) is 0 Å². The van der Waals surface area contributed by atoms with Crippen LogP contribution in [0, 0.1) is 0 Å². The summed E-state index contributed by atoms with van der Waals surface area (Å²) >= 11 is 5.82. The van der Waals surface area contributed by atoms with Gasteiger partial charge in [-0.1, -0.05) is 11.6 Å². The molecule has 1 aromatic rings. The fourth-order valence-electron chi connectivity index (χ4n) is 1.86. The lowest BCUT2D eigenvalue weighted by Crippen LogP contribution is -2.48. The molecule has 2 N–H and O–H groups in total. The van der Waals surface area contributed by atoms with Crippen molar-refractivity contribution in [1.29, 1.82) is 0 Å². The third-order valence-electron chi connectivity index (χ3n) is 2.94. The van der Waals surface area contributed by atoms with Crippen LogP contribution in [0.2, 0.25) is 5.02 Å². The third-order valence-corrected chi connectivity index (χ3v) is 3.27. The molecule has 1 fully saturated rings. The molecule has 0 spiro atoms. The van der Waals surface area contributed by atoms with E-state index < -0.39 is 17.8 Å². The Balaban J connectivity index is 0.00000220. The first kappa shape index (κ1) is 17.9. The molecule has 1 saturated heterocycles. The lowest BCUT2D eigenvalue weighted by Gasteiger charge is -2.27. The zero-order valence-corrected chi connectivity index (χ0v) is 12.4. The molecule has 0 bridgehead atoms. The van der Waals surface area contributed by atoms with Crippen molar-refractivity contribution in [2.45, 2.75) is 6.18 Å². The fraction of sp³-hybridized carbons (Fsp3) is 0.417. The van der Waals surface area contributed by atoms with Gasteiger partial charge in [-0.15, -0.1) is 12.4 Å². The van der Waals surface area contributed by atoms with Crippen molar-refractivity contribution in [2.75, 3.05) is 31.5 Å². The van der Waals surface area contributed by atoms with E-state index in [0.717, 1.165) is 18.2 Å². The van der Waals surface area contributed by atoms with Crippen molar-refractivity contribution in [3.8, 4) is 0 Å². The molecular formula is C12H14Cl2F3N3O. The van der Waals surface area contributed by atoms with Crippen LogP contribution < -0.4 is 10.6 Å². The van der Waals surface area contributed by atoms with E-state index in [4.69, 9.17) is 11.6 Å². The highest BCUT2D eigenvalue weighted by Crippen LogP contribution is 2.33. The van der Waals surface area contributed by atoms with Gasteiger partial charge in [0.1, 0.15) is 0 Å². The summed E-state index contributed by atoms with van der Waals surface area (Å²) in [5.41, 5.74) is -0.887. The Labute approximate surface area is 131 Å². The second-order valence-corrected chi connectivity index (χ2v) is 4.77. The smallest absolute Gasteiger partial charge is 0.322 e. The van der Waals surface area contributed by atoms with E-state index in [9.17, 15) is 18.0 Å². The largest absolute Gasteiger partial charge is 0.416 e. The zero-order valence-electron chi connectivity index (χ0n) is 10.8. The molecule has 0 atom stereocenters. The van der Waals surface area contributed by atoms with Crippen molar-refractivity contribution in [3.05, 3.63) is 28.8 Å². The van der Waals surface area contributed by atoms with Gasteiger partial charge in [-0.2, -0.15) is 13.2 Å². The summed E-state index contributed by atoms with van der Waals surface area (Å²) in [6, 6.07) is 2.39. The van der Waals surface area contributed by atoms with Crippen LogP contribution >= 0.6 is 24.0 Å². The Bertz CT molecular complexity index is 505. The Morgan fingerprint density at radius 1 is 1.29 bits per heavy atom. The predicted molar refractivity (Wildman–Crippen MR) is 77.2 cm³/mol. The number of anilines is 1. The van der Waals surface area contributed by atoms with E-state index in [0.29, 0.717) is 26.2 Å². The van der Waals surface area contributed by atoms with Gasteiger partial charge in [-0.25, -0.2) is 4.79 Å². The number of rotatable bonds is 1. The monoisotopic (exact) mass is 343 g/mol. The number of carbonyl (C=O) groups excluding carboxylic acids is 1. The Kier molecular flexibility index (Phi) is 6.12. The highest BCUT2D eigenvalue weighted by Gasteiger charge is 2.31. The van der Waals surface area contributed by atoms with Crippen LogP contribution in [-0.2, 0) is 6.18 Å². The van der Waals surface area contributed by atoms with Crippen molar-refractivity contribution in [1.82, 2.24) is 10.2 Å². The number of amides is 2. The standard InChI is InChI=1S/C12H13ClF3N3O.ClH/c13-9-2-1-8(12(14,15)16)7-10(9)18-11(20)19-5-3-17-4-6-19;/h1-2,7,17H,3-6H2,(H,18,20);1H. The average molecular weight is 344 g/mol. The molecule has 118 valence electrons. The molecule has 1 aliphatic rings. The lowest BCUT2D eigenvalue weighted by molar-refractivity contribution is -0.137. The lowest BCUT2D eigenvalue weighted by atomic mass is 10.2. The van der Waals surface area contributed by atoms with Gasteiger partial charge in [0, 0.05) is 26.2 Å². The topological polar surface area (TPSA) is 44.4 Å². The number of halogens is 5. The van der Waals surface area contributed by atoms with Gasteiger partial charge in [-0.3, -0.25) is 0 Å². The van der Waals surface area contributed by atoms with E-state index in [1.54, 1.807) is 0 Å². The minimum Gasteiger partial charge on any atom is -0.322 e. The van der Waals surface area contributed by atoms with Crippen LogP contribution in [0.4, 0.5) is 23.7 Å². The highest BCUT2D eigenvalue weighted by atomic mass is 35.5. The zero-order chi connectivity index (χ0) is 14.8. The first-order valence-corrected chi connectivity index (χ1v) is 6.39. The second kappa shape index (κ2) is 7.20. The molecule has 0 radical (unpaired) electrons. The van der Waals surface area contributed by atoms with Gasteiger partial charge in [0.15, 0.2) is 0 Å². The summed E-state index contributed by atoms with van der Waals surface area (Å²) < 4.78 is 37.9. The maximum Gasteiger partial charge on any atom is 0.416 e. The van der Waals surface area contributed by atoms with Crippen LogP contribution in [0.15, 0.2) is 18.2 Å². The molecule has 2 rings (SSSR count). The first-order chi connectivity index (χ1) is 9.38. The maximum atomic E-state index is 12.6. The second-order valence-electron chi connectivity index (χ2n) is 4.36. The number of piperazine rings is 1. The van der Waals surface area contributed by atoms with Crippen molar-refractivity contribution in [2.24, 2.45) is 0 Å². The molecule has 21 heavy (non-hydrogen) atoms. The van der Waals surface area contributed by atoms with Crippen molar-refractivity contribution < 1.29 is 18.0 Å². The number of urea groups is 1. The molecule has 1 aliphatic heterocycles. The normalized spacial score (nSPS) is 15.3. The number of hydrogen-bond donors (Lipinski definition) is 2. The van der Waals surface area contributed by atoms with Crippen LogP contribution in [-0.4, -0.2) is 37.1 Å². The van der Waals surface area contributed by atoms with Crippen LogP contribution in [0.25, 0.3) is 0 Å². The molecule has 1 heterocycles. The number of hydrogen-bond acceptors (Lipinski definition) is 2. The highest BCUT2D eigenvalue weighted by molar-refractivity contribution is 6.33. The van der Waals surface area contributed by atoms with E-state index in [1.165, 1.54) is 4.90 Å². The third kappa shape index (κ3) is 4.66.